The molecular weight excluding hydrogens is 756 g/mol. The number of anilines is 1. The molecular formula is C41H51F2N7O8. The summed E-state index contributed by atoms with van der Waals surface area (Å²) in [6.07, 6.45) is 2.21. The molecule has 58 heavy (non-hydrogen) atoms. The molecule has 0 radical (unpaired) electrons. The van der Waals surface area contributed by atoms with Gasteiger partial charge < -0.3 is 40.7 Å². The van der Waals surface area contributed by atoms with Gasteiger partial charge in [-0.1, -0.05) is 13.0 Å². The van der Waals surface area contributed by atoms with Crippen molar-refractivity contribution in [2.45, 2.75) is 109 Å². The van der Waals surface area contributed by atoms with Gasteiger partial charge in [-0.05, 0) is 106 Å². The first-order valence-electron chi connectivity index (χ1n) is 19.9. The summed E-state index contributed by atoms with van der Waals surface area (Å²) in [4.78, 5) is 101. The van der Waals surface area contributed by atoms with Crippen molar-refractivity contribution in [3.63, 3.8) is 0 Å². The summed E-state index contributed by atoms with van der Waals surface area (Å²) in [5.41, 5.74) is 2.31. The number of piperidine rings is 1. The van der Waals surface area contributed by atoms with Gasteiger partial charge in [0.05, 0.1) is 0 Å². The zero-order valence-electron chi connectivity index (χ0n) is 33.1. The van der Waals surface area contributed by atoms with Gasteiger partial charge in [0.15, 0.2) is 0 Å². The maximum atomic E-state index is 14.5. The van der Waals surface area contributed by atoms with Crippen LogP contribution < -0.4 is 21.3 Å². The number of hydrogen-bond acceptors (Lipinski definition) is 8. The molecule has 4 aliphatic heterocycles. The predicted molar refractivity (Wildman–Crippen MR) is 206 cm³/mol. The molecule has 4 saturated heterocycles. The van der Waals surface area contributed by atoms with Crippen molar-refractivity contribution in [1.29, 1.82) is 0 Å². The first-order chi connectivity index (χ1) is 27.6. The van der Waals surface area contributed by atoms with Crippen LogP contribution >= 0.6 is 0 Å². The average molecular weight is 808 g/mol. The van der Waals surface area contributed by atoms with E-state index in [0.29, 0.717) is 37.4 Å². The summed E-state index contributed by atoms with van der Waals surface area (Å²) in [7, 11) is 0. The second kappa shape index (κ2) is 17.9. The minimum Gasteiger partial charge on any atom is -0.461 e. The molecule has 4 heterocycles. The Labute approximate surface area is 335 Å². The first-order valence-corrected chi connectivity index (χ1v) is 19.9. The number of fused-ring (bicyclic) bond motifs is 3. The number of nitrogens with zero attached hydrogens (tertiary/aromatic N) is 3. The average Bonchev–Trinajstić information content (AvgIpc) is 3.83. The Morgan fingerprint density at radius 1 is 0.828 bits per heavy atom. The molecule has 312 valence electrons. The van der Waals surface area contributed by atoms with Crippen LogP contribution in [-0.4, -0.2) is 119 Å². The summed E-state index contributed by atoms with van der Waals surface area (Å²) in [5, 5.41) is 10.6. The van der Waals surface area contributed by atoms with Gasteiger partial charge in [0.25, 0.3) is 0 Å². The van der Waals surface area contributed by atoms with Gasteiger partial charge in [0.2, 0.25) is 29.5 Å². The third-order valence-electron chi connectivity index (χ3n) is 11.5. The van der Waals surface area contributed by atoms with Gasteiger partial charge in [-0.2, -0.15) is 0 Å². The number of benzene rings is 2. The number of carbonyl (C=O) groups is 7. The molecule has 2 aromatic rings. The van der Waals surface area contributed by atoms with Gasteiger partial charge in [-0.25, -0.2) is 18.4 Å². The van der Waals surface area contributed by atoms with Crippen LogP contribution in [-0.2, 0) is 39.9 Å². The van der Waals surface area contributed by atoms with Crippen LogP contribution in [0.15, 0.2) is 36.4 Å². The summed E-state index contributed by atoms with van der Waals surface area (Å²) in [6.45, 7) is 7.05. The van der Waals surface area contributed by atoms with E-state index in [1.165, 1.54) is 21.6 Å². The van der Waals surface area contributed by atoms with Gasteiger partial charge >= 0.3 is 12.0 Å². The number of cyclic esters (lactones) is 1. The maximum Gasteiger partial charge on any atom is 0.328 e. The molecule has 7 atom stereocenters. The molecule has 0 aromatic heterocycles. The Morgan fingerprint density at radius 3 is 2.24 bits per heavy atom. The molecule has 0 saturated carbocycles. The molecule has 4 fully saturated rings. The van der Waals surface area contributed by atoms with E-state index in [2.05, 4.69) is 21.3 Å². The highest BCUT2D eigenvalue weighted by Gasteiger charge is 2.46. The SMILES string of the molecule is Cc1ccc(NC(=O)N[C@@H](Cc2cc(F)cc(F)c2)C(=O)N[C@H]2COC(=O)[C@@H]3C[C@H](C)CN3C(=O)[C@H](C)NC(=O)[C@@H]3CCCCN3C(=O)[C@@H]3CCCN3C2=O)cc1C. The predicted octanol–water partition coefficient (Wildman–Crippen LogP) is 2.47. The van der Waals surface area contributed by atoms with Crippen molar-refractivity contribution in [1.82, 2.24) is 30.7 Å². The maximum absolute atomic E-state index is 14.5. The number of urea groups is 1. The van der Waals surface area contributed by atoms with Gasteiger partial charge in [-0.3, -0.25) is 24.0 Å². The second-order valence-electron chi connectivity index (χ2n) is 15.9. The zero-order valence-corrected chi connectivity index (χ0v) is 33.1. The number of nitrogens with one attached hydrogen (secondary N) is 4. The number of aryl methyl sites for hydroxylation is 2. The molecule has 6 rings (SSSR count). The third kappa shape index (κ3) is 9.56. The smallest absolute Gasteiger partial charge is 0.328 e. The molecule has 0 aliphatic carbocycles. The third-order valence-corrected chi connectivity index (χ3v) is 11.5. The number of rotatable bonds is 6. The lowest BCUT2D eigenvalue weighted by Gasteiger charge is -2.39. The number of esters is 1. The standard InChI is InChI=1S/C41H51F2N7O8/c1-22-14-34-40(56)58-21-31(46-35(51)30(18-26-16-27(42)19-28(43)17-26)47-41(57)45-29-11-10-23(2)24(3)15-29)38(54)49-13-7-9-33(49)39(55)48-12-6-5-8-32(48)36(52)44-25(4)37(53)50(34)20-22/h10-11,15-17,19,22,25,30-34H,5-9,12-14,18,20-21H2,1-4H3,(H,44,52)(H,46,51)(H2,45,47,57)/t22-,25-,30-,31-,32-,33-,34-/m0/s1. The summed E-state index contributed by atoms with van der Waals surface area (Å²) in [5.74, 6) is -5.92. The lowest BCUT2D eigenvalue weighted by Crippen LogP contribution is -2.62. The summed E-state index contributed by atoms with van der Waals surface area (Å²) < 4.78 is 34.3. The van der Waals surface area contributed by atoms with E-state index in [4.69, 9.17) is 4.74 Å². The molecule has 17 heteroatoms. The number of halogens is 2. The van der Waals surface area contributed by atoms with E-state index < -0.39 is 102 Å². The van der Waals surface area contributed by atoms with Crippen molar-refractivity contribution >= 4 is 47.2 Å². The van der Waals surface area contributed by atoms with Crippen molar-refractivity contribution in [2.24, 2.45) is 5.92 Å². The molecule has 0 unspecified atom stereocenters. The van der Waals surface area contributed by atoms with Crippen molar-refractivity contribution in [2.75, 3.05) is 31.6 Å². The largest absolute Gasteiger partial charge is 0.461 e. The highest BCUT2D eigenvalue weighted by atomic mass is 19.1. The minimum atomic E-state index is -1.59. The fourth-order valence-electron chi connectivity index (χ4n) is 8.31. The van der Waals surface area contributed by atoms with E-state index in [0.717, 1.165) is 23.3 Å². The topological polar surface area (TPSA) is 187 Å². The Hall–Kier alpha value is -5.61. The molecule has 4 aliphatic rings. The first kappa shape index (κ1) is 42.0. The number of hydrogen-bond donors (Lipinski definition) is 4. The second-order valence-corrected chi connectivity index (χ2v) is 15.9. The van der Waals surface area contributed by atoms with Crippen molar-refractivity contribution in [3.05, 3.63) is 64.7 Å². The van der Waals surface area contributed by atoms with Gasteiger partial charge in [-0.15, -0.1) is 0 Å². The number of ether oxygens (including phenoxy) is 1. The Balaban J connectivity index is 1.31. The zero-order chi connectivity index (χ0) is 41.8. The highest BCUT2D eigenvalue weighted by molar-refractivity contribution is 5.98. The monoisotopic (exact) mass is 807 g/mol. The van der Waals surface area contributed by atoms with Crippen molar-refractivity contribution < 1.29 is 47.1 Å². The van der Waals surface area contributed by atoms with Crippen LogP contribution in [0.1, 0.15) is 69.1 Å². The van der Waals surface area contributed by atoms with Crippen LogP contribution in [0.4, 0.5) is 19.3 Å². The summed E-state index contributed by atoms with van der Waals surface area (Å²) >= 11 is 0. The highest BCUT2D eigenvalue weighted by Crippen LogP contribution is 2.28. The fourth-order valence-corrected chi connectivity index (χ4v) is 8.31. The Morgan fingerprint density at radius 2 is 1.52 bits per heavy atom. The van der Waals surface area contributed by atoms with Crippen molar-refractivity contribution in [3.8, 4) is 0 Å². The quantitative estimate of drug-likeness (QED) is 0.321. The normalized spacial score (nSPS) is 26.2. The van der Waals surface area contributed by atoms with E-state index in [1.807, 2.05) is 20.8 Å². The van der Waals surface area contributed by atoms with Crippen LogP contribution in [0.2, 0.25) is 0 Å². The molecule has 4 N–H and O–H groups in total. The Bertz CT molecular complexity index is 1940. The fraction of sp³-hybridized carbons (Fsp3) is 0.537. The van der Waals surface area contributed by atoms with Crippen LogP contribution in [0.5, 0.6) is 0 Å². The van der Waals surface area contributed by atoms with Crippen LogP contribution in [0, 0.1) is 31.4 Å². The molecule has 15 nitrogen and oxygen atoms in total. The summed E-state index contributed by atoms with van der Waals surface area (Å²) in [6, 6.07) is 0.0169. The minimum absolute atomic E-state index is 0.0274. The van der Waals surface area contributed by atoms with E-state index in [-0.39, 0.29) is 44.0 Å². The van der Waals surface area contributed by atoms with Gasteiger partial charge in [0, 0.05) is 37.8 Å². The lowest BCUT2D eigenvalue weighted by molar-refractivity contribution is -0.158. The van der Waals surface area contributed by atoms with E-state index >= 15 is 0 Å². The molecule has 7 amide bonds. The molecule has 2 aromatic carbocycles. The number of amides is 7. The van der Waals surface area contributed by atoms with E-state index in [9.17, 15) is 42.3 Å². The number of carbonyl (C=O) groups excluding carboxylic acids is 7. The lowest BCUT2D eigenvalue weighted by atomic mass is 9.99. The van der Waals surface area contributed by atoms with Crippen LogP contribution in [0.3, 0.4) is 0 Å². The molecule has 0 spiro atoms. The van der Waals surface area contributed by atoms with E-state index in [1.54, 1.807) is 18.2 Å². The Kier molecular flexibility index (Phi) is 13.0. The molecule has 0 bridgehead atoms. The van der Waals surface area contributed by atoms with Gasteiger partial charge in [0.1, 0.15) is 54.5 Å². The van der Waals surface area contributed by atoms with Crippen LogP contribution in [0.25, 0.3) is 0 Å².